The van der Waals surface area contributed by atoms with Crippen molar-refractivity contribution in [1.82, 2.24) is 0 Å². The van der Waals surface area contributed by atoms with Crippen LogP contribution in [0.25, 0.3) is 0 Å². The van der Waals surface area contributed by atoms with Gasteiger partial charge >= 0.3 is 0 Å². The summed E-state index contributed by atoms with van der Waals surface area (Å²) in [6.07, 6.45) is 5.09. The van der Waals surface area contributed by atoms with Crippen LogP contribution in [0.3, 0.4) is 0 Å². The molecule has 0 amide bonds. The van der Waals surface area contributed by atoms with E-state index in [0.29, 0.717) is 6.04 Å². The molecule has 0 saturated heterocycles. The number of hydrogen-bond acceptors (Lipinski definition) is 1. The monoisotopic (exact) mass is 381 g/mol. The third-order valence-corrected chi connectivity index (χ3v) is 0.994. The number of nitrogens with two attached hydrogens (primary N) is 1. The van der Waals surface area contributed by atoms with E-state index in [1.54, 1.807) is 0 Å². The van der Waals surface area contributed by atoms with E-state index in [0.717, 1.165) is 12.8 Å². The fraction of sp³-hybridized carbons (Fsp3) is 0.778. The fourth-order valence-electron chi connectivity index (χ4n) is 0.381. The van der Waals surface area contributed by atoms with Crippen molar-refractivity contribution in [1.29, 1.82) is 0 Å². The molecular weight excluding hydrogens is 360 g/mol. The summed E-state index contributed by atoms with van der Waals surface area (Å²) >= 11 is 0. The van der Waals surface area contributed by atoms with Gasteiger partial charge in [0.05, 0.1) is 0 Å². The van der Waals surface area contributed by atoms with Gasteiger partial charge in [-0.05, 0) is 12.8 Å². The zero-order chi connectivity index (χ0) is 8.41. The summed E-state index contributed by atoms with van der Waals surface area (Å²) in [5.41, 5.74) is 5.51. The Morgan fingerprint density at radius 2 is 1.73 bits per heavy atom. The van der Waals surface area contributed by atoms with Gasteiger partial charge in [-0.1, -0.05) is 33.3 Å². The molecule has 2 heteroatoms. The van der Waals surface area contributed by atoms with Crippen molar-refractivity contribution in [3.8, 4) is 0 Å². The third kappa shape index (κ3) is 24.9. The molecule has 11 heavy (non-hydrogen) atoms. The van der Waals surface area contributed by atoms with Gasteiger partial charge in [0.25, 0.3) is 0 Å². The zero-order valence-electron chi connectivity index (χ0n) is 8.06. The molecule has 0 saturated carbocycles. The van der Waals surface area contributed by atoms with Gasteiger partial charge in [-0.25, -0.2) is 0 Å². The van der Waals surface area contributed by atoms with Crippen LogP contribution >= 0.6 is 0 Å². The normalized spacial score (nSPS) is 10.2. The summed E-state index contributed by atoms with van der Waals surface area (Å²) in [5.74, 6) is 0. The Kier molecular flexibility index (Phi) is 27.4. The predicted octanol–water partition coefficient (Wildman–Crippen LogP) is 2.72. The van der Waals surface area contributed by atoms with Crippen molar-refractivity contribution < 1.29 is 31.1 Å². The van der Waals surface area contributed by atoms with Crippen LogP contribution in [0.2, 0.25) is 0 Å². The van der Waals surface area contributed by atoms with Crippen LogP contribution in [0.1, 0.15) is 40.0 Å². The third-order valence-electron chi connectivity index (χ3n) is 0.994. The average molecular weight is 381 g/mol. The molecule has 0 aliphatic rings. The van der Waals surface area contributed by atoms with Gasteiger partial charge in [-0.3, -0.25) is 0 Å². The molecule has 66 valence electrons. The predicted molar refractivity (Wildman–Crippen MR) is 49.0 cm³/mol. The molecule has 2 N–H and O–H groups in total. The Morgan fingerprint density at radius 3 is 1.82 bits per heavy atom. The first kappa shape index (κ1) is 17.7. The molecule has 1 unspecified atom stereocenters. The van der Waals surface area contributed by atoms with Gasteiger partial charge in [-0.2, -0.15) is 0 Å². The van der Waals surface area contributed by atoms with E-state index >= 15 is 0 Å². The van der Waals surface area contributed by atoms with E-state index in [-0.39, 0.29) is 31.1 Å². The topological polar surface area (TPSA) is 26.0 Å². The molecular formula is C9H21NU. The van der Waals surface area contributed by atoms with Crippen LogP contribution in [0.5, 0.6) is 0 Å². The molecule has 1 atom stereocenters. The Labute approximate surface area is 95.2 Å². The van der Waals surface area contributed by atoms with Crippen molar-refractivity contribution in [3.05, 3.63) is 12.7 Å². The first-order valence-corrected chi connectivity index (χ1v) is 4.09. The fourth-order valence-corrected chi connectivity index (χ4v) is 0.381. The van der Waals surface area contributed by atoms with Gasteiger partial charge in [-0.15, -0.1) is 6.58 Å². The summed E-state index contributed by atoms with van der Waals surface area (Å²) in [4.78, 5) is 0. The smallest absolute Gasteiger partial charge is 0.00706 e. The van der Waals surface area contributed by atoms with Crippen molar-refractivity contribution in [2.45, 2.75) is 46.1 Å². The summed E-state index contributed by atoms with van der Waals surface area (Å²) in [5, 5.41) is 0. The Bertz CT molecular complexity index is 64.6. The largest absolute Gasteiger partial charge is 0.327 e. The Hall–Kier alpha value is 0.752. The minimum atomic E-state index is 0. The van der Waals surface area contributed by atoms with Crippen molar-refractivity contribution >= 4 is 0 Å². The van der Waals surface area contributed by atoms with Crippen LogP contribution in [-0.2, 0) is 0 Å². The number of rotatable bonds is 3. The van der Waals surface area contributed by atoms with Crippen LogP contribution < -0.4 is 5.73 Å². The molecule has 0 aromatic heterocycles. The van der Waals surface area contributed by atoms with E-state index in [9.17, 15) is 0 Å². The van der Waals surface area contributed by atoms with Gasteiger partial charge in [0.2, 0.25) is 0 Å². The van der Waals surface area contributed by atoms with Crippen molar-refractivity contribution in [2.24, 2.45) is 5.73 Å². The molecule has 0 aliphatic heterocycles. The SMILES string of the molecule is C=CCC(N)CC.CCC.[U]. The van der Waals surface area contributed by atoms with Gasteiger partial charge in [0.15, 0.2) is 0 Å². The standard InChI is InChI=1S/C6H13N.C3H8.U/c1-3-5-6(7)4-2;1-3-2;/h3,6H,1,4-5,7H2,2H3;3H2,1-2H3;. The minimum Gasteiger partial charge on any atom is -0.327 e. The minimum absolute atomic E-state index is 0. The second-order valence-corrected chi connectivity index (χ2v) is 2.40. The summed E-state index contributed by atoms with van der Waals surface area (Å²) in [6, 6.07) is 0.331. The molecule has 0 radical (unpaired) electrons. The van der Waals surface area contributed by atoms with Crippen molar-refractivity contribution in [3.63, 3.8) is 0 Å². The van der Waals surface area contributed by atoms with E-state index in [4.69, 9.17) is 5.73 Å². The van der Waals surface area contributed by atoms with Gasteiger partial charge < -0.3 is 5.73 Å². The molecule has 0 bridgehead atoms. The zero-order valence-corrected chi connectivity index (χ0v) is 12.2. The molecule has 0 spiro atoms. The maximum absolute atomic E-state index is 5.51. The molecule has 1 nitrogen and oxygen atoms in total. The van der Waals surface area contributed by atoms with Crippen LogP contribution in [-0.4, -0.2) is 6.04 Å². The summed E-state index contributed by atoms with van der Waals surface area (Å²) < 4.78 is 0. The summed E-state index contributed by atoms with van der Waals surface area (Å²) in [6.45, 7) is 9.90. The maximum atomic E-state index is 5.51. The van der Waals surface area contributed by atoms with E-state index < -0.39 is 0 Å². The van der Waals surface area contributed by atoms with Crippen LogP contribution in [0, 0.1) is 31.1 Å². The molecule has 0 rings (SSSR count). The first-order valence-electron chi connectivity index (χ1n) is 4.09. The quantitative estimate of drug-likeness (QED) is 0.748. The Morgan fingerprint density at radius 1 is 1.36 bits per heavy atom. The van der Waals surface area contributed by atoms with Gasteiger partial charge in [0, 0.05) is 37.2 Å². The Balaban J connectivity index is -0.000000140. The van der Waals surface area contributed by atoms with E-state index in [1.807, 2.05) is 6.08 Å². The van der Waals surface area contributed by atoms with Crippen LogP contribution in [0.15, 0.2) is 12.7 Å². The summed E-state index contributed by atoms with van der Waals surface area (Å²) in [7, 11) is 0. The molecule has 0 heterocycles. The maximum Gasteiger partial charge on any atom is 0.00706 e. The number of hydrogen-bond donors (Lipinski definition) is 1. The molecule has 0 aromatic carbocycles. The van der Waals surface area contributed by atoms with Crippen LogP contribution in [0.4, 0.5) is 0 Å². The first-order chi connectivity index (χ1) is 4.72. The van der Waals surface area contributed by atoms with E-state index in [1.165, 1.54) is 6.42 Å². The van der Waals surface area contributed by atoms with E-state index in [2.05, 4.69) is 27.4 Å². The second-order valence-electron chi connectivity index (χ2n) is 2.40. The molecule has 0 aliphatic carbocycles. The molecule has 0 aromatic rings. The van der Waals surface area contributed by atoms with Gasteiger partial charge in [0.1, 0.15) is 0 Å². The second kappa shape index (κ2) is 17.0. The molecule has 0 fully saturated rings. The average Bonchev–Trinajstić information content (AvgIpc) is 1.90. The van der Waals surface area contributed by atoms with Crippen molar-refractivity contribution in [2.75, 3.05) is 0 Å².